The maximum absolute atomic E-state index is 12.9. The average molecular weight is 467 g/mol. The minimum Gasteiger partial charge on any atom is -0.481 e. The van der Waals surface area contributed by atoms with Gasteiger partial charge in [-0.25, -0.2) is 4.79 Å². The van der Waals surface area contributed by atoms with Gasteiger partial charge in [0.2, 0.25) is 5.91 Å². The van der Waals surface area contributed by atoms with Crippen LogP contribution in [0.3, 0.4) is 0 Å². The summed E-state index contributed by atoms with van der Waals surface area (Å²) in [6.45, 7) is 7.92. The van der Waals surface area contributed by atoms with Gasteiger partial charge in [-0.05, 0) is 56.4 Å². The van der Waals surface area contributed by atoms with E-state index in [1.807, 2.05) is 38.1 Å². The molecule has 0 saturated carbocycles. The summed E-state index contributed by atoms with van der Waals surface area (Å²) in [6.07, 6.45) is -0.0820. The maximum Gasteiger partial charge on any atom is 0.407 e. The van der Waals surface area contributed by atoms with Gasteiger partial charge in [-0.15, -0.1) is 0 Å². The van der Waals surface area contributed by atoms with Gasteiger partial charge in [0.25, 0.3) is 0 Å². The normalized spacial score (nSPS) is 12.7. The van der Waals surface area contributed by atoms with E-state index in [2.05, 4.69) is 29.6 Å². The van der Waals surface area contributed by atoms with Gasteiger partial charge in [-0.3, -0.25) is 9.59 Å². The van der Waals surface area contributed by atoms with Gasteiger partial charge in [-0.1, -0.05) is 48.5 Å². The molecule has 0 saturated heterocycles. The molecule has 0 heterocycles. The number of fused-ring (bicyclic) bond motifs is 3. The molecule has 0 atom stereocenters. The van der Waals surface area contributed by atoms with Crippen LogP contribution < -0.4 is 5.32 Å². The van der Waals surface area contributed by atoms with Crippen molar-refractivity contribution in [1.29, 1.82) is 0 Å². The van der Waals surface area contributed by atoms with E-state index in [4.69, 9.17) is 9.84 Å². The van der Waals surface area contributed by atoms with E-state index in [-0.39, 0.29) is 37.3 Å². The fraction of sp³-hybridized carbons (Fsp3) is 0.444. The SMILES string of the molecule is CC(C)N(CCCC(=O)O)C(=O)CC(C)(C)NC(=O)OCC1c2ccccc2-c2ccccc21. The van der Waals surface area contributed by atoms with Crippen LogP contribution in [0.1, 0.15) is 64.0 Å². The number of hydrogen-bond acceptors (Lipinski definition) is 4. The molecular weight excluding hydrogens is 432 g/mol. The molecule has 0 bridgehead atoms. The summed E-state index contributed by atoms with van der Waals surface area (Å²) in [5.74, 6) is -1.05. The molecule has 0 radical (unpaired) electrons. The van der Waals surface area contributed by atoms with Crippen molar-refractivity contribution in [3.8, 4) is 11.1 Å². The molecule has 0 aromatic heterocycles. The second-order valence-electron chi connectivity index (χ2n) is 9.69. The first-order valence-electron chi connectivity index (χ1n) is 11.7. The third-order valence-electron chi connectivity index (χ3n) is 6.11. The van der Waals surface area contributed by atoms with Crippen LogP contribution in [0.25, 0.3) is 11.1 Å². The van der Waals surface area contributed by atoms with Crippen molar-refractivity contribution >= 4 is 18.0 Å². The number of nitrogens with one attached hydrogen (secondary N) is 1. The topological polar surface area (TPSA) is 95.9 Å². The van der Waals surface area contributed by atoms with E-state index < -0.39 is 17.6 Å². The summed E-state index contributed by atoms with van der Waals surface area (Å²) in [7, 11) is 0. The van der Waals surface area contributed by atoms with Gasteiger partial charge in [0, 0.05) is 36.9 Å². The number of alkyl carbamates (subject to hydrolysis) is 1. The smallest absolute Gasteiger partial charge is 0.407 e. The largest absolute Gasteiger partial charge is 0.481 e. The van der Waals surface area contributed by atoms with Crippen molar-refractivity contribution in [2.75, 3.05) is 13.2 Å². The number of hydrogen-bond donors (Lipinski definition) is 2. The highest BCUT2D eigenvalue weighted by Crippen LogP contribution is 2.44. The number of benzene rings is 2. The van der Waals surface area contributed by atoms with Crippen LogP contribution >= 0.6 is 0 Å². The first-order chi connectivity index (χ1) is 16.1. The highest BCUT2D eigenvalue weighted by Gasteiger charge is 2.31. The molecule has 7 nitrogen and oxygen atoms in total. The van der Waals surface area contributed by atoms with E-state index in [9.17, 15) is 14.4 Å². The second kappa shape index (κ2) is 10.7. The summed E-state index contributed by atoms with van der Waals surface area (Å²) in [6, 6.07) is 16.2. The maximum atomic E-state index is 12.9. The van der Waals surface area contributed by atoms with Crippen LogP contribution in [0.15, 0.2) is 48.5 Å². The Kier molecular flexibility index (Phi) is 7.97. The van der Waals surface area contributed by atoms with E-state index in [0.29, 0.717) is 13.0 Å². The Morgan fingerprint density at radius 1 is 1.03 bits per heavy atom. The molecule has 1 aliphatic carbocycles. The molecule has 0 spiro atoms. The standard InChI is InChI=1S/C27H34N2O5/c1-18(2)29(15-9-14-25(31)32)24(30)16-27(3,4)28-26(33)34-17-23-21-12-7-5-10-19(21)20-11-6-8-13-22(20)23/h5-8,10-13,18,23H,9,14-17H2,1-4H3,(H,28,33)(H,31,32). The molecule has 2 aromatic rings. The average Bonchev–Trinajstić information content (AvgIpc) is 3.08. The Morgan fingerprint density at radius 2 is 1.59 bits per heavy atom. The van der Waals surface area contributed by atoms with E-state index in [1.165, 1.54) is 0 Å². The minimum absolute atomic E-state index is 0.0118. The summed E-state index contributed by atoms with van der Waals surface area (Å²) in [5.41, 5.74) is 3.78. The van der Waals surface area contributed by atoms with E-state index in [1.54, 1.807) is 18.7 Å². The van der Waals surface area contributed by atoms with Gasteiger partial charge < -0.3 is 20.1 Å². The fourth-order valence-electron chi connectivity index (χ4n) is 4.51. The molecule has 2 aromatic carbocycles. The number of carboxylic acids is 1. The third kappa shape index (κ3) is 6.16. The lowest BCUT2D eigenvalue weighted by Gasteiger charge is -2.32. The third-order valence-corrected chi connectivity index (χ3v) is 6.11. The van der Waals surface area contributed by atoms with Crippen LogP contribution in [-0.4, -0.2) is 52.7 Å². The Hall–Kier alpha value is -3.35. The second-order valence-corrected chi connectivity index (χ2v) is 9.69. The van der Waals surface area contributed by atoms with Gasteiger partial charge in [-0.2, -0.15) is 0 Å². The predicted octanol–water partition coefficient (Wildman–Crippen LogP) is 4.80. The quantitative estimate of drug-likeness (QED) is 0.525. The number of carboxylic acid groups (broad SMARTS) is 1. The van der Waals surface area contributed by atoms with Crippen LogP contribution in [0, 0.1) is 0 Å². The Bertz CT molecular complexity index is 1000. The lowest BCUT2D eigenvalue weighted by atomic mass is 9.98. The van der Waals surface area contributed by atoms with Gasteiger partial charge >= 0.3 is 12.1 Å². The monoisotopic (exact) mass is 466 g/mol. The zero-order chi connectivity index (χ0) is 24.9. The molecule has 0 aliphatic heterocycles. The molecule has 7 heteroatoms. The summed E-state index contributed by atoms with van der Waals surface area (Å²) in [5, 5.41) is 11.7. The Morgan fingerprint density at radius 3 is 2.12 bits per heavy atom. The zero-order valence-corrected chi connectivity index (χ0v) is 20.3. The van der Waals surface area contributed by atoms with Gasteiger partial charge in [0.1, 0.15) is 6.61 Å². The molecule has 0 fully saturated rings. The van der Waals surface area contributed by atoms with Crippen molar-refractivity contribution in [1.82, 2.24) is 10.2 Å². The number of aliphatic carboxylic acids is 1. The van der Waals surface area contributed by atoms with Crippen molar-refractivity contribution in [3.05, 3.63) is 59.7 Å². The van der Waals surface area contributed by atoms with Crippen LogP contribution in [0.2, 0.25) is 0 Å². The molecule has 182 valence electrons. The fourth-order valence-corrected chi connectivity index (χ4v) is 4.51. The number of carbonyl (C=O) groups is 3. The van der Waals surface area contributed by atoms with Gasteiger partial charge in [0.05, 0.1) is 0 Å². The highest BCUT2D eigenvalue weighted by molar-refractivity contribution is 5.80. The van der Waals surface area contributed by atoms with E-state index >= 15 is 0 Å². The lowest BCUT2D eigenvalue weighted by molar-refractivity contribution is -0.139. The first-order valence-corrected chi connectivity index (χ1v) is 11.7. The number of ether oxygens (including phenoxy) is 1. The summed E-state index contributed by atoms with van der Waals surface area (Å²) >= 11 is 0. The number of amides is 2. The zero-order valence-electron chi connectivity index (χ0n) is 20.3. The molecule has 2 N–H and O–H groups in total. The van der Waals surface area contributed by atoms with Crippen molar-refractivity contribution < 1.29 is 24.2 Å². The Labute approximate surface area is 201 Å². The molecule has 1 aliphatic rings. The number of carbonyl (C=O) groups excluding carboxylic acids is 2. The molecule has 0 unspecified atom stereocenters. The van der Waals surface area contributed by atoms with E-state index in [0.717, 1.165) is 22.3 Å². The predicted molar refractivity (Wildman–Crippen MR) is 131 cm³/mol. The van der Waals surface area contributed by atoms with Crippen molar-refractivity contribution in [2.24, 2.45) is 0 Å². The highest BCUT2D eigenvalue weighted by atomic mass is 16.5. The van der Waals surface area contributed by atoms with Gasteiger partial charge in [0.15, 0.2) is 0 Å². The van der Waals surface area contributed by atoms with Crippen molar-refractivity contribution in [3.63, 3.8) is 0 Å². The first kappa shape index (κ1) is 25.3. The molecule has 3 rings (SSSR count). The van der Waals surface area contributed by atoms with Crippen LogP contribution in [-0.2, 0) is 14.3 Å². The minimum atomic E-state index is -0.881. The molecule has 34 heavy (non-hydrogen) atoms. The number of nitrogens with zero attached hydrogens (tertiary/aromatic N) is 1. The van der Waals surface area contributed by atoms with Crippen LogP contribution in [0.4, 0.5) is 4.79 Å². The van der Waals surface area contributed by atoms with Crippen molar-refractivity contribution in [2.45, 2.75) is 64.5 Å². The van der Waals surface area contributed by atoms with Crippen LogP contribution in [0.5, 0.6) is 0 Å². The molecular formula is C27H34N2O5. The molecule has 2 amide bonds. The number of rotatable bonds is 10. The lowest BCUT2D eigenvalue weighted by Crippen LogP contribution is -2.49. The Balaban J connectivity index is 1.58. The summed E-state index contributed by atoms with van der Waals surface area (Å²) in [4.78, 5) is 38.0. The summed E-state index contributed by atoms with van der Waals surface area (Å²) < 4.78 is 5.62.